The molecule has 25 heavy (non-hydrogen) atoms. The number of halogens is 2. The first-order chi connectivity index (χ1) is 11.8. The average molecular weight is 393 g/mol. The van der Waals surface area contributed by atoms with E-state index in [4.69, 9.17) is 23.2 Å². The number of ketones is 1. The van der Waals surface area contributed by atoms with Crippen LogP contribution in [0.4, 0.5) is 0 Å². The molecular weight excluding hydrogens is 379 g/mol. The van der Waals surface area contributed by atoms with Crippen molar-refractivity contribution >= 4 is 51.0 Å². The minimum Gasteiger partial charge on any atom is -0.289 e. The van der Waals surface area contributed by atoms with Crippen LogP contribution in [0.3, 0.4) is 0 Å². The number of benzene rings is 2. The van der Waals surface area contributed by atoms with Gasteiger partial charge in [0.2, 0.25) is 0 Å². The summed E-state index contributed by atoms with van der Waals surface area (Å²) in [6, 6.07) is 13.7. The lowest BCUT2D eigenvalue weighted by Crippen LogP contribution is -2.28. The zero-order valence-corrected chi connectivity index (χ0v) is 15.4. The van der Waals surface area contributed by atoms with Gasteiger partial charge in [-0.25, -0.2) is 8.42 Å². The summed E-state index contributed by atoms with van der Waals surface area (Å²) in [5, 5.41) is 1.15. The topological polar surface area (TPSA) is 51.2 Å². The minimum atomic E-state index is -3.38. The van der Waals surface area contributed by atoms with E-state index in [1.807, 2.05) is 0 Å². The molecule has 2 aromatic rings. The van der Waals surface area contributed by atoms with Gasteiger partial charge < -0.3 is 0 Å². The second kappa shape index (κ2) is 7.16. The summed E-state index contributed by atoms with van der Waals surface area (Å²) in [6.07, 6.45) is 3.20. The molecule has 2 aromatic carbocycles. The summed E-state index contributed by atoms with van der Waals surface area (Å²) in [6.45, 7) is 0. The first kappa shape index (κ1) is 17.9. The van der Waals surface area contributed by atoms with Crippen LogP contribution < -0.4 is 0 Å². The Morgan fingerprint density at radius 3 is 1.44 bits per heavy atom. The van der Waals surface area contributed by atoms with E-state index in [0.29, 0.717) is 10.0 Å². The van der Waals surface area contributed by atoms with E-state index in [1.54, 1.807) is 60.7 Å². The summed E-state index contributed by atoms with van der Waals surface area (Å²) in [4.78, 5) is 12.7. The number of hydrogen-bond acceptors (Lipinski definition) is 3. The van der Waals surface area contributed by atoms with E-state index >= 15 is 0 Å². The molecule has 0 aromatic heterocycles. The number of rotatable bonds is 2. The van der Waals surface area contributed by atoms with Crippen LogP contribution >= 0.6 is 23.2 Å². The summed E-state index contributed by atoms with van der Waals surface area (Å²) in [7, 11) is -3.38. The van der Waals surface area contributed by atoms with Crippen molar-refractivity contribution < 1.29 is 13.2 Å². The van der Waals surface area contributed by atoms with Crippen LogP contribution in [0.1, 0.15) is 11.1 Å². The van der Waals surface area contributed by atoms with Gasteiger partial charge in [-0.1, -0.05) is 47.5 Å². The maximum Gasteiger partial charge on any atom is 0.187 e. The predicted molar refractivity (Wildman–Crippen MR) is 103 cm³/mol. The van der Waals surface area contributed by atoms with Crippen molar-refractivity contribution in [2.45, 2.75) is 0 Å². The maximum absolute atomic E-state index is 12.7. The van der Waals surface area contributed by atoms with Crippen LogP contribution in [0.2, 0.25) is 10.0 Å². The molecule has 0 saturated carbocycles. The monoisotopic (exact) mass is 392 g/mol. The summed E-state index contributed by atoms with van der Waals surface area (Å²) < 4.78 is 24.5. The fraction of sp³-hybridized carbons (Fsp3) is 0.105. The summed E-state index contributed by atoms with van der Waals surface area (Å²) in [5.41, 5.74) is 1.98. The van der Waals surface area contributed by atoms with Crippen molar-refractivity contribution in [1.29, 1.82) is 0 Å². The highest BCUT2D eigenvalue weighted by Gasteiger charge is 2.30. The van der Waals surface area contributed by atoms with Crippen LogP contribution in [0.15, 0.2) is 59.7 Å². The van der Waals surface area contributed by atoms with Crippen LogP contribution in [-0.2, 0) is 14.6 Å². The Morgan fingerprint density at radius 2 is 1.08 bits per heavy atom. The van der Waals surface area contributed by atoms with Crippen LogP contribution in [0, 0.1) is 0 Å². The minimum absolute atomic E-state index is 0.250. The highest BCUT2D eigenvalue weighted by Crippen LogP contribution is 2.24. The van der Waals surface area contributed by atoms with Gasteiger partial charge in [0.1, 0.15) is 0 Å². The molecule has 0 atom stereocenters. The summed E-state index contributed by atoms with van der Waals surface area (Å²) >= 11 is 11.7. The molecule has 3 nitrogen and oxygen atoms in total. The highest BCUT2D eigenvalue weighted by atomic mass is 35.5. The molecule has 128 valence electrons. The van der Waals surface area contributed by atoms with Crippen molar-refractivity contribution in [3.8, 4) is 0 Å². The van der Waals surface area contributed by atoms with Crippen LogP contribution in [0.25, 0.3) is 12.2 Å². The van der Waals surface area contributed by atoms with E-state index < -0.39 is 9.84 Å². The third-order valence-corrected chi connectivity index (χ3v) is 5.76. The Hall–Kier alpha value is -1.88. The lowest BCUT2D eigenvalue weighted by Gasteiger charge is -2.17. The molecule has 0 spiro atoms. The van der Waals surface area contributed by atoms with Gasteiger partial charge in [0, 0.05) is 21.2 Å². The van der Waals surface area contributed by atoms with E-state index in [1.165, 1.54) is 0 Å². The number of carbonyl (C=O) groups excluding carboxylic acids is 1. The largest absolute Gasteiger partial charge is 0.289 e. The SMILES string of the molecule is O=C1/C(=C/c2ccc(Cl)cc2)CS(=O)(=O)C/C1=C/c1ccc(Cl)cc1. The molecule has 0 aliphatic carbocycles. The molecule has 3 rings (SSSR count). The molecule has 1 saturated heterocycles. The van der Waals surface area contributed by atoms with E-state index in [-0.39, 0.29) is 28.4 Å². The van der Waals surface area contributed by atoms with Crippen molar-refractivity contribution in [1.82, 2.24) is 0 Å². The zero-order valence-electron chi connectivity index (χ0n) is 13.1. The third kappa shape index (κ3) is 4.60. The molecule has 0 radical (unpaired) electrons. The molecule has 6 heteroatoms. The van der Waals surface area contributed by atoms with Crippen molar-refractivity contribution in [2.24, 2.45) is 0 Å². The lowest BCUT2D eigenvalue weighted by atomic mass is 10.0. The fourth-order valence-electron chi connectivity index (χ4n) is 2.60. The first-order valence-corrected chi connectivity index (χ1v) is 10.1. The fourth-order valence-corrected chi connectivity index (χ4v) is 4.33. The third-order valence-electron chi connectivity index (χ3n) is 3.76. The number of Topliss-reactive ketones (excluding diaryl/α,β-unsaturated/α-hetero) is 1. The highest BCUT2D eigenvalue weighted by molar-refractivity contribution is 7.92. The Morgan fingerprint density at radius 1 is 0.720 bits per heavy atom. The van der Waals surface area contributed by atoms with Crippen LogP contribution in [0.5, 0.6) is 0 Å². The Kier molecular flexibility index (Phi) is 5.13. The van der Waals surface area contributed by atoms with E-state index in [2.05, 4.69) is 0 Å². The van der Waals surface area contributed by atoms with Crippen molar-refractivity contribution in [2.75, 3.05) is 11.5 Å². The molecule has 1 aliphatic rings. The van der Waals surface area contributed by atoms with Gasteiger partial charge in [0.15, 0.2) is 15.6 Å². The predicted octanol–water partition coefficient (Wildman–Crippen LogP) is 4.46. The molecule has 0 amide bonds. The first-order valence-electron chi connectivity index (χ1n) is 7.50. The number of carbonyl (C=O) groups is 1. The smallest absolute Gasteiger partial charge is 0.187 e. The van der Waals surface area contributed by atoms with Gasteiger partial charge in [-0.15, -0.1) is 0 Å². The molecule has 0 N–H and O–H groups in total. The molecular formula is C19H14Cl2O3S. The average Bonchev–Trinajstić information content (AvgIpc) is 2.55. The van der Waals surface area contributed by atoms with Gasteiger partial charge >= 0.3 is 0 Å². The summed E-state index contributed by atoms with van der Waals surface area (Å²) in [5.74, 6) is -0.765. The van der Waals surface area contributed by atoms with Gasteiger partial charge in [0.25, 0.3) is 0 Å². The second-order valence-electron chi connectivity index (χ2n) is 5.80. The van der Waals surface area contributed by atoms with E-state index in [0.717, 1.165) is 11.1 Å². The molecule has 1 fully saturated rings. The standard InChI is InChI=1S/C19H14Cl2O3S/c20-17-5-1-13(2-6-17)9-15-11-25(23,24)12-16(19(15)22)10-14-3-7-18(21)8-4-14/h1-10H,11-12H2/b15-9-,16-10+. The molecule has 0 unspecified atom stereocenters. The quantitative estimate of drug-likeness (QED) is 0.708. The molecule has 1 heterocycles. The van der Waals surface area contributed by atoms with Crippen LogP contribution in [-0.4, -0.2) is 25.7 Å². The number of sulfone groups is 1. The van der Waals surface area contributed by atoms with Crippen molar-refractivity contribution in [3.63, 3.8) is 0 Å². The zero-order chi connectivity index (χ0) is 18.0. The number of hydrogen-bond donors (Lipinski definition) is 0. The normalized spacial score (nSPS) is 20.2. The maximum atomic E-state index is 12.7. The van der Waals surface area contributed by atoms with E-state index in [9.17, 15) is 13.2 Å². The molecule has 1 aliphatic heterocycles. The lowest BCUT2D eigenvalue weighted by molar-refractivity contribution is -0.112. The van der Waals surface area contributed by atoms with Gasteiger partial charge in [-0.3, -0.25) is 4.79 Å². The van der Waals surface area contributed by atoms with Crippen molar-refractivity contribution in [3.05, 3.63) is 80.8 Å². The van der Waals surface area contributed by atoms with Gasteiger partial charge in [-0.05, 0) is 47.5 Å². The Balaban J connectivity index is 1.99. The van der Waals surface area contributed by atoms with Gasteiger partial charge in [-0.2, -0.15) is 0 Å². The van der Waals surface area contributed by atoms with Gasteiger partial charge in [0.05, 0.1) is 11.5 Å². The molecule has 0 bridgehead atoms. The Bertz CT molecular complexity index is 897. The second-order valence-corrected chi connectivity index (χ2v) is 8.74. The Labute approximate surface area is 156 Å².